The van der Waals surface area contributed by atoms with Gasteiger partial charge in [0.2, 0.25) is 0 Å². The van der Waals surface area contributed by atoms with Crippen LogP contribution in [0.3, 0.4) is 0 Å². The molecular weight excluding hydrogens is 771 g/mol. The highest BCUT2D eigenvalue weighted by Crippen LogP contribution is 2.11. The lowest BCUT2D eigenvalue weighted by atomic mass is 10.1. The van der Waals surface area contributed by atoms with E-state index in [2.05, 4.69) is 29.5 Å². The van der Waals surface area contributed by atoms with E-state index in [4.69, 9.17) is 52.1 Å². The van der Waals surface area contributed by atoms with Gasteiger partial charge in [-0.25, -0.2) is 0 Å². The molecule has 308 valence electrons. The van der Waals surface area contributed by atoms with E-state index in [1.807, 2.05) is 0 Å². The van der Waals surface area contributed by atoms with Gasteiger partial charge in [0.15, 0.2) is 0 Å². The molecule has 0 amide bonds. The van der Waals surface area contributed by atoms with Crippen LogP contribution in [0.5, 0.6) is 0 Å². The van der Waals surface area contributed by atoms with Crippen LogP contribution < -0.4 is 0 Å². The lowest BCUT2D eigenvalue weighted by molar-refractivity contribution is -0.0275. The van der Waals surface area contributed by atoms with Gasteiger partial charge in [-0.15, -0.1) is 0 Å². The normalized spacial score (nSPS) is 11.6. The van der Waals surface area contributed by atoms with Gasteiger partial charge in [0.05, 0.1) is 132 Å². The molecule has 0 aliphatic heterocycles. The zero-order valence-electron chi connectivity index (χ0n) is 32.7. The lowest BCUT2D eigenvalue weighted by Crippen LogP contribution is -2.15. The molecule has 0 unspecified atom stereocenters. The predicted molar refractivity (Wildman–Crippen MR) is 213 cm³/mol. The molecule has 0 rings (SSSR count). The second-order valence-corrected chi connectivity index (χ2v) is 13.5. The van der Waals surface area contributed by atoms with Crippen LogP contribution in [0.15, 0.2) is 0 Å². The average molecular weight is 851 g/mol. The summed E-state index contributed by atoms with van der Waals surface area (Å²) < 4.78 is 62.2. The van der Waals surface area contributed by atoms with Crippen molar-refractivity contribution in [2.75, 3.05) is 150 Å². The Kier molecular flexibility index (Phi) is 50.6. The number of ether oxygens (including phenoxy) is 11. The Hall–Kier alpha value is 0.290. The van der Waals surface area contributed by atoms with Crippen molar-refractivity contribution < 1.29 is 52.1 Å². The first kappa shape index (κ1) is 51.3. The van der Waals surface area contributed by atoms with Gasteiger partial charge in [-0.1, -0.05) is 107 Å². The average Bonchev–Trinajstić information content (AvgIpc) is 3.14. The van der Waals surface area contributed by atoms with Crippen LogP contribution in [0.1, 0.15) is 103 Å². The zero-order chi connectivity index (χ0) is 36.6. The van der Waals surface area contributed by atoms with Gasteiger partial charge < -0.3 is 52.1 Å². The molecule has 0 aromatic heterocycles. The van der Waals surface area contributed by atoms with Gasteiger partial charge >= 0.3 is 0 Å². The summed E-state index contributed by atoms with van der Waals surface area (Å²) in [5, 5.41) is 0. The Morgan fingerprint density at radius 1 is 0.216 bits per heavy atom. The highest BCUT2D eigenvalue weighted by atomic mass is 127. The highest BCUT2D eigenvalue weighted by molar-refractivity contribution is 14.1. The van der Waals surface area contributed by atoms with E-state index in [-0.39, 0.29) is 0 Å². The molecular formula is C39H79IO11. The van der Waals surface area contributed by atoms with E-state index < -0.39 is 0 Å². The molecule has 51 heavy (non-hydrogen) atoms. The third-order valence-corrected chi connectivity index (χ3v) is 8.55. The van der Waals surface area contributed by atoms with Crippen LogP contribution in [0.25, 0.3) is 0 Å². The molecule has 11 nitrogen and oxygen atoms in total. The second-order valence-electron chi connectivity index (χ2n) is 12.4. The van der Waals surface area contributed by atoms with Crippen molar-refractivity contribution in [2.24, 2.45) is 0 Å². The summed E-state index contributed by atoms with van der Waals surface area (Å²) >= 11 is 2.42. The molecule has 0 radical (unpaired) electrons. The van der Waals surface area contributed by atoms with Crippen LogP contribution in [0.4, 0.5) is 0 Å². The smallest absolute Gasteiger partial charge is 0.0701 e. The lowest BCUT2D eigenvalue weighted by Gasteiger charge is -2.09. The maximum atomic E-state index is 5.66. The number of alkyl halides is 1. The second kappa shape index (κ2) is 50.3. The van der Waals surface area contributed by atoms with Crippen molar-refractivity contribution >= 4 is 22.6 Å². The Bertz CT molecular complexity index is 547. The fourth-order valence-electron chi connectivity index (χ4n) is 4.82. The number of halogens is 1. The topological polar surface area (TPSA) is 102 Å². The minimum atomic E-state index is 0.528. The van der Waals surface area contributed by atoms with Gasteiger partial charge in [0, 0.05) is 13.2 Å². The van der Waals surface area contributed by atoms with Crippen LogP contribution >= 0.6 is 22.6 Å². The first-order valence-corrected chi connectivity index (χ1v) is 21.9. The molecule has 0 saturated heterocycles. The van der Waals surface area contributed by atoms with E-state index in [1.54, 1.807) is 0 Å². The third-order valence-electron chi connectivity index (χ3n) is 7.78. The van der Waals surface area contributed by atoms with E-state index in [1.165, 1.54) is 87.9 Å². The van der Waals surface area contributed by atoms with E-state index in [0.29, 0.717) is 132 Å². The molecule has 0 aliphatic carbocycles. The Morgan fingerprint density at radius 2 is 0.392 bits per heavy atom. The summed E-state index contributed by atoms with van der Waals surface area (Å²) in [5.74, 6) is 0. The highest BCUT2D eigenvalue weighted by Gasteiger charge is 1.98. The fourth-order valence-corrected chi connectivity index (χ4v) is 5.36. The van der Waals surface area contributed by atoms with Crippen molar-refractivity contribution in [2.45, 2.75) is 103 Å². The first-order chi connectivity index (χ1) is 25.4. The van der Waals surface area contributed by atoms with Crippen molar-refractivity contribution in [1.29, 1.82) is 0 Å². The summed E-state index contributed by atoms with van der Waals surface area (Å²) in [6.45, 7) is 15.2. The molecule has 0 aliphatic rings. The first-order valence-electron chi connectivity index (χ1n) is 20.3. The minimum Gasteiger partial charge on any atom is -0.379 e. The molecule has 0 bridgehead atoms. The van der Waals surface area contributed by atoms with Gasteiger partial charge in [-0.3, -0.25) is 0 Å². The summed E-state index contributed by atoms with van der Waals surface area (Å²) in [6.07, 6.45) is 19.9. The molecule has 12 heteroatoms. The van der Waals surface area contributed by atoms with Crippen LogP contribution in [-0.2, 0) is 52.1 Å². The molecule has 0 spiro atoms. The molecule has 0 fully saturated rings. The van der Waals surface area contributed by atoms with E-state index >= 15 is 0 Å². The van der Waals surface area contributed by atoms with Gasteiger partial charge in [0.1, 0.15) is 0 Å². The maximum Gasteiger partial charge on any atom is 0.0701 e. The van der Waals surface area contributed by atoms with Crippen molar-refractivity contribution in [3.63, 3.8) is 0 Å². The van der Waals surface area contributed by atoms with Gasteiger partial charge in [0.25, 0.3) is 0 Å². The van der Waals surface area contributed by atoms with E-state index in [9.17, 15) is 0 Å². The van der Waals surface area contributed by atoms with Crippen LogP contribution in [0, 0.1) is 0 Å². The Balaban J connectivity index is 3.04. The number of hydrogen-bond donors (Lipinski definition) is 0. The summed E-state index contributed by atoms with van der Waals surface area (Å²) in [7, 11) is 0. The molecule has 0 aromatic carbocycles. The zero-order valence-corrected chi connectivity index (χ0v) is 34.9. The standard InChI is InChI=1S/C39H79IO11/c1-2-3-4-5-6-7-8-9-10-12-15-18-41-20-22-43-24-26-45-28-30-47-32-34-49-36-38-51-39-37-50-35-33-48-31-29-46-27-25-44-23-21-42-19-16-13-11-14-17-40/h2-39H2,1H3. The Morgan fingerprint density at radius 3 is 0.608 bits per heavy atom. The SMILES string of the molecule is CCCCCCCCCCCCCOCCOCCOCCOCCOCCOCCOCCOCCOCCOCCOCCCCCCI. The van der Waals surface area contributed by atoms with Crippen molar-refractivity contribution in [3.05, 3.63) is 0 Å². The summed E-state index contributed by atoms with van der Waals surface area (Å²) in [6, 6.07) is 0. The molecule has 0 heterocycles. The maximum absolute atomic E-state index is 5.66. The van der Waals surface area contributed by atoms with Gasteiger partial charge in [-0.05, 0) is 23.7 Å². The third kappa shape index (κ3) is 50.3. The van der Waals surface area contributed by atoms with E-state index in [0.717, 1.165) is 26.1 Å². The van der Waals surface area contributed by atoms with Crippen LogP contribution in [0.2, 0.25) is 0 Å². The predicted octanol–water partition coefficient (Wildman–Crippen LogP) is 7.48. The van der Waals surface area contributed by atoms with Crippen molar-refractivity contribution in [1.82, 2.24) is 0 Å². The minimum absolute atomic E-state index is 0.528. The number of hydrogen-bond acceptors (Lipinski definition) is 11. The Labute approximate surface area is 326 Å². The molecule has 0 atom stereocenters. The number of rotatable bonds is 48. The molecule has 0 N–H and O–H groups in total. The fraction of sp³-hybridized carbons (Fsp3) is 1.00. The molecule has 0 aromatic rings. The largest absolute Gasteiger partial charge is 0.379 e. The van der Waals surface area contributed by atoms with Gasteiger partial charge in [-0.2, -0.15) is 0 Å². The van der Waals surface area contributed by atoms with Crippen molar-refractivity contribution in [3.8, 4) is 0 Å². The quantitative estimate of drug-likeness (QED) is 0.0346. The number of unbranched alkanes of at least 4 members (excludes halogenated alkanes) is 13. The molecule has 0 saturated carbocycles. The van der Waals surface area contributed by atoms with Crippen LogP contribution in [-0.4, -0.2) is 150 Å². The summed E-state index contributed by atoms with van der Waals surface area (Å²) in [4.78, 5) is 0. The monoisotopic (exact) mass is 850 g/mol. The summed E-state index contributed by atoms with van der Waals surface area (Å²) in [5.41, 5.74) is 0.